The average molecular weight is 382 g/mol. The zero-order valence-electron chi connectivity index (χ0n) is 14.9. The predicted octanol–water partition coefficient (Wildman–Crippen LogP) is 1.04. The van der Waals surface area contributed by atoms with Gasteiger partial charge in [0, 0.05) is 11.3 Å². The molecule has 3 rings (SSSR count). The molecule has 0 saturated heterocycles. The van der Waals surface area contributed by atoms with Gasteiger partial charge in [-0.25, -0.2) is 9.97 Å². The summed E-state index contributed by atoms with van der Waals surface area (Å²) in [5, 5.41) is 13.3. The Labute approximate surface area is 159 Å². The van der Waals surface area contributed by atoms with E-state index in [-0.39, 0.29) is 17.3 Å². The van der Waals surface area contributed by atoms with Crippen molar-refractivity contribution >= 4 is 29.1 Å². The molecule has 0 bridgehead atoms. The Kier molecular flexibility index (Phi) is 5.44. The van der Waals surface area contributed by atoms with Crippen LogP contribution in [0.5, 0.6) is 0 Å². The molecule has 2 amide bonds. The van der Waals surface area contributed by atoms with Gasteiger partial charge in [0.15, 0.2) is 11.5 Å². The molecule has 0 radical (unpaired) electrons. The van der Waals surface area contributed by atoms with Gasteiger partial charge in [0.2, 0.25) is 18.2 Å². The van der Waals surface area contributed by atoms with Crippen LogP contribution in [0.1, 0.15) is 23.8 Å². The standard InChI is InChI=1S/C17H18N8O3/c1-2-11(14(18)26)23-12-7-20-13(15(19)27)16(24-12)22-10-5-3-9(4-6-10)17-25-21-8-28-17/h3-8,11H,2H2,1H3,(H2,18,26)(H2,19,27)(H2,22,23,24). The fourth-order valence-corrected chi connectivity index (χ4v) is 2.41. The number of amides is 2. The van der Waals surface area contributed by atoms with Gasteiger partial charge >= 0.3 is 0 Å². The zero-order chi connectivity index (χ0) is 20.1. The topological polar surface area (TPSA) is 175 Å². The Morgan fingerprint density at radius 2 is 1.96 bits per heavy atom. The van der Waals surface area contributed by atoms with Crippen molar-refractivity contribution in [3.05, 3.63) is 42.5 Å². The summed E-state index contributed by atoms with van der Waals surface area (Å²) in [4.78, 5) is 31.4. The number of benzene rings is 1. The van der Waals surface area contributed by atoms with Gasteiger partial charge in [0.25, 0.3) is 5.91 Å². The monoisotopic (exact) mass is 382 g/mol. The normalized spacial score (nSPS) is 11.6. The minimum Gasteiger partial charge on any atom is -0.423 e. The van der Waals surface area contributed by atoms with Crippen molar-refractivity contribution in [2.75, 3.05) is 10.6 Å². The van der Waals surface area contributed by atoms with Crippen LogP contribution in [-0.2, 0) is 4.79 Å². The number of nitrogens with zero attached hydrogens (tertiary/aromatic N) is 4. The number of primary amides is 2. The number of nitrogens with two attached hydrogens (primary N) is 2. The van der Waals surface area contributed by atoms with Crippen LogP contribution >= 0.6 is 0 Å². The van der Waals surface area contributed by atoms with Crippen LogP contribution < -0.4 is 22.1 Å². The van der Waals surface area contributed by atoms with E-state index in [0.717, 1.165) is 5.56 Å². The molecule has 11 heteroatoms. The number of hydrogen-bond acceptors (Lipinski definition) is 9. The van der Waals surface area contributed by atoms with Gasteiger partial charge in [-0.1, -0.05) is 6.92 Å². The first-order valence-electron chi connectivity index (χ1n) is 8.34. The van der Waals surface area contributed by atoms with Crippen molar-refractivity contribution in [2.45, 2.75) is 19.4 Å². The fourth-order valence-electron chi connectivity index (χ4n) is 2.41. The minimum atomic E-state index is -0.744. The number of carbonyl (C=O) groups excluding carboxylic acids is 2. The molecule has 144 valence electrons. The first kappa shape index (κ1) is 18.8. The lowest BCUT2D eigenvalue weighted by Gasteiger charge is -2.15. The second kappa shape index (κ2) is 8.12. The van der Waals surface area contributed by atoms with Crippen molar-refractivity contribution in [2.24, 2.45) is 11.5 Å². The van der Waals surface area contributed by atoms with Gasteiger partial charge in [-0.15, -0.1) is 10.2 Å². The van der Waals surface area contributed by atoms with Crippen LogP contribution in [0, 0.1) is 0 Å². The van der Waals surface area contributed by atoms with Gasteiger partial charge in [0.1, 0.15) is 11.9 Å². The van der Waals surface area contributed by atoms with Crippen molar-refractivity contribution < 1.29 is 14.0 Å². The summed E-state index contributed by atoms with van der Waals surface area (Å²) in [5.74, 6) is -0.462. The largest absolute Gasteiger partial charge is 0.423 e. The molecule has 0 spiro atoms. The summed E-state index contributed by atoms with van der Waals surface area (Å²) in [6.45, 7) is 1.80. The Morgan fingerprint density at radius 1 is 1.21 bits per heavy atom. The summed E-state index contributed by atoms with van der Waals surface area (Å²) in [7, 11) is 0. The van der Waals surface area contributed by atoms with E-state index < -0.39 is 17.9 Å². The van der Waals surface area contributed by atoms with E-state index in [4.69, 9.17) is 15.9 Å². The van der Waals surface area contributed by atoms with E-state index in [9.17, 15) is 9.59 Å². The van der Waals surface area contributed by atoms with Gasteiger partial charge < -0.3 is 26.5 Å². The van der Waals surface area contributed by atoms with Crippen molar-refractivity contribution in [3.63, 3.8) is 0 Å². The average Bonchev–Trinajstić information content (AvgIpc) is 3.21. The number of anilines is 3. The van der Waals surface area contributed by atoms with Crippen LogP contribution in [0.4, 0.5) is 17.3 Å². The highest BCUT2D eigenvalue weighted by Gasteiger charge is 2.17. The predicted molar refractivity (Wildman–Crippen MR) is 100 cm³/mol. The molecule has 1 aromatic carbocycles. The van der Waals surface area contributed by atoms with Crippen LogP contribution in [0.2, 0.25) is 0 Å². The van der Waals surface area contributed by atoms with Gasteiger partial charge in [-0.3, -0.25) is 9.59 Å². The molecule has 0 fully saturated rings. The lowest BCUT2D eigenvalue weighted by molar-refractivity contribution is -0.118. The lowest BCUT2D eigenvalue weighted by Crippen LogP contribution is -2.35. The van der Waals surface area contributed by atoms with Crippen LogP contribution in [0.3, 0.4) is 0 Å². The molecular weight excluding hydrogens is 364 g/mol. The molecule has 0 aliphatic carbocycles. The Balaban J connectivity index is 1.85. The molecular formula is C17H18N8O3. The number of aromatic nitrogens is 4. The maximum atomic E-state index is 11.7. The summed E-state index contributed by atoms with van der Waals surface area (Å²) in [6.07, 6.45) is 3.02. The maximum absolute atomic E-state index is 11.7. The highest BCUT2D eigenvalue weighted by molar-refractivity contribution is 5.96. The van der Waals surface area contributed by atoms with Crippen LogP contribution in [0.25, 0.3) is 11.5 Å². The highest BCUT2D eigenvalue weighted by Crippen LogP contribution is 2.23. The molecule has 11 nitrogen and oxygen atoms in total. The van der Waals surface area contributed by atoms with E-state index in [1.165, 1.54) is 12.6 Å². The first-order chi connectivity index (χ1) is 13.5. The maximum Gasteiger partial charge on any atom is 0.271 e. The first-order valence-corrected chi connectivity index (χ1v) is 8.34. The molecule has 28 heavy (non-hydrogen) atoms. The molecule has 0 saturated carbocycles. The van der Waals surface area contributed by atoms with Crippen molar-refractivity contribution in [1.82, 2.24) is 20.2 Å². The molecule has 1 atom stereocenters. The van der Waals surface area contributed by atoms with E-state index in [1.807, 2.05) is 0 Å². The smallest absolute Gasteiger partial charge is 0.271 e. The van der Waals surface area contributed by atoms with Crippen LogP contribution in [-0.4, -0.2) is 38.0 Å². The number of carbonyl (C=O) groups is 2. The Morgan fingerprint density at radius 3 is 2.54 bits per heavy atom. The second-order valence-corrected chi connectivity index (χ2v) is 5.77. The third-order valence-corrected chi connectivity index (χ3v) is 3.83. The van der Waals surface area contributed by atoms with E-state index in [2.05, 4.69) is 30.8 Å². The Bertz CT molecular complexity index is 973. The molecule has 6 N–H and O–H groups in total. The fraction of sp³-hybridized carbons (Fsp3) is 0.176. The molecule has 0 aliphatic rings. The van der Waals surface area contributed by atoms with Gasteiger partial charge in [-0.2, -0.15) is 0 Å². The summed E-state index contributed by atoms with van der Waals surface area (Å²) >= 11 is 0. The zero-order valence-corrected chi connectivity index (χ0v) is 14.9. The third kappa shape index (κ3) is 4.20. The number of nitrogens with one attached hydrogen (secondary N) is 2. The summed E-state index contributed by atoms with van der Waals surface area (Å²) in [6, 6.07) is 6.38. The van der Waals surface area contributed by atoms with E-state index in [1.54, 1.807) is 31.2 Å². The molecule has 3 aromatic rings. The third-order valence-electron chi connectivity index (χ3n) is 3.83. The molecule has 1 unspecified atom stereocenters. The Hall–Kier alpha value is -4.02. The van der Waals surface area contributed by atoms with Crippen molar-refractivity contribution in [3.8, 4) is 11.5 Å². The number of rotatable bonds is 8. The van der Waals surface area contributed by atoms with E-state index in [0.29, 0.717) is 18.0 Å². The molecule has 2 heterocycles. The minimum absolute atomic E-state index is 0.0429. The summed E-state index contributed by atoms with van der Waals surface area (Å²) < 4.78 is 5.14. The number of hydrogen-bond donors (Lipinski definition) is 4. The SMILES string of the molecule is CCC(Nc1cnc(C(N)=O)c(Nc2ccc(-c3nnco3)cc2)n1)C(N)=O. The summed E-state index contributed by atoms with van der Waals surface area (Å²) in [5.41, 5.74) is 12.0. The van der Waals surface area contributed by atoms with E-state index >= 15 is 0 Å². The molecule has 0 aliphatic heterocycles. The lowest BCUT2D eigenvalue weighted by atomic mass is 10.2. The second-order valence-electron chi connectivity index (χ2n) is 5.77. The highest BCUT2D eigenvalue weighted by atomic mass is 16.4. The van der Waals surface area contributed by atoms with Gasteiger partial charge in [0.05, 0.1) is 6.20 Å². The van der Waals surface area contributed by atoms with Crippen LogP contribution in [0.15, 0.2) is 41.3 Å². The van der Waals surface area contributed by atoms with Crippen molar-refractivity contribution in [1.29, 1.82) is 0 Å². The van der Waals surface area contributed by atoms with Gasteiger partial charge in [-0.05, 0) is 30.7 Å². The molecule has 2 aromatic heterocycles. The quantitative estimate of drug-likeness (QED) is 0.443.